The number of rotatable bonds is 4. The molecule has 1 aromatic carbocycles. The highest BCUT2D eigenvalue weighted by Crippen LogP contribution is 2.29. The number of aromatic amines is 1. The molecule has 2 heterocycles. The van der Waals surface area contributed by atoms with Gasteiger partial charge >= 0.3 is 0 Å². The number of aryl methyl sites for hydroxylation is 2. The van der Waals surface area contributed by atoms with Crippen LogP contribution in [0.3, 0.4) is 0 Å². The molecule has 5 heteroatoms. The summed E-state index contributed by atoms with van der Waals surface area (Å²) >= 11 is 0. The Hall–Kier alpha value is -2.82. The summed E-state index contributed by atoms with van der Waals surface area (Å²) in [7, 11) is 0. The standard InChI is InChI=1S/C20H23N3O2/c1-4-15(11-19-13(2)21-22-14(19)3)20(25)23-10-9-17(12-23)16-5-7-18(24)8-6-16/h4-8,11,17,24H,1,9-10,12H2,2-3H3,(H,21,22)/b15-11+. The Kier molecular flexibility index (Phi) is 4.74. The van der Waals surface area contributed by atoms with Gasteiger partial charge < -0.3 is 10.0 Å². The van der Waals surface area contributed by atoms with E-state index in [1.54, 1.807) is 18.2 Å². The minimum absolute atomic E-state index is 0.00345. The number of aromatic hydroxyl groups is 1. The van der Waals surface area contributed by atoms with E-state index in [0.29, 0.717) is 18.0 Å². The van der Waals surface area contributed by atoms with Gasteiger partial charge in [0.15, 0.2) is 0 Å². The van der Waals surface area contributed by atoms with Gasteiger partial charge in [0.2, 0.25) is 0 Å². The lowest BCUT2D eigenvalue weighted by atomic mass is 9.98. The fourth-order valence-corrected chi connectivity index (χ4v) is 3.28. The van der Waals surface area contributed by atoms with E-state index >= 15 is 0 Å². The zero-order chi connectivity index (χ0) is 18.0. The summed E-state index contributed by atoms with van der Waals surface area (Å²) in [6, 6.07) is 7.24. The van der Waals surface area contributed by atoms with Crippen LogP contribution in [0.4, 0.5) is 0 Å². The molecule has 0 spiro atoms. The number of phenolic OH excluding ortho intramolecular Hbond substituents is 1. The number of likely N-dealkylation sites (tertiary alicyclic amines) is 1. The van der Waals surface area contributed by atoms with Crippen molar-refractivity contribution in [2.75, 3.05) is 13.1 Å². The second kappa shape index (κ2) is 6.97. The van der Waals surface area contributed by atoms with Crippen LogP contribution >= 0.6 is 0 Å². The highest BCUT2D eigenvalue weighted by atomic mass is 16.3. The van der Waals surface area contributed by atoms with Crippen LogP contribution in [0.2, 0.25) is 0 Å². The molecule has 1 aliphatic heterocycles. The minimum atomic E-state index is -0.00345. The minimum Gasteiger partial charge on any atom is -0.508 e. The molecule has 1 unspecified atom stereocenters. The number of benzene rings is 1. The molecule has 1 saturated heterocycles. The SMILES string of the molecule is C=C/C(=C\c1c(C)n[nH]c1C)C(=O)N1CCC(c2ccc(O)cc2)C1. The van der Waals surface area contributed by atoms with Gasteiger partial charge in [-0.15, -0.1) is 0 Å². The first-order valence-electron chi connectivity index (χ1n) is 8.43. The van der Waals surface area contributed by atoms with Gasteiger partial charge in [0.05, 0.1) is 5.69 Å². The molecule has 1 aliphatic rings. The molecular weight excluding hydrogens is 314 g/mol. The molecule has 0 aliphatic carbocycles. The fraction of sp³-hybridized carbons (Fsp3) is 0.300. The Morgan fingerprint density at radius 3 is 2.68 bits per heavy atom. The number of hydrogen-bond acceptors (Lipinski definition) is 3. The maximum absolute atomic E-state index is 12.9. The van der Waals surface area contributed by atoms with Crippen LogP contribution in [0.25, 0.3) is 6.08 Å². The van der Waals surface area contributed by atoms with E-state index in [1.165, 1.54) is 0 Å². The molecule has 5 nitrogen and oxygen atoms in total. The van der Waals surface area contributed by atoms with Gasteiger partial charge in [-0.25, -0.2) is 0 Å². The highest BCUT2D eigenvalue weighted by Gasteiger charge is 2.28. The van der Waals surface area contributed by atoms with E-state index in [2.05, 4.69) is 16.8 Å². The number of H-pyrrole nitrogens is 1. The average molecular weight is 337 g/mol. The number of aromatic nitrogens is 2. The van der Waals surface area contributed by atoms with Crippen molar-refractivity contribution >= 4 is 12.0 Å². The lowest BCUT2D eigenvalue weighted by Crippen LogP contribution is -2.29. The van der Waals surface area contributed by atoms with Crippen molar-refractivity contribution in [3.63, 3.8) is 0 Å². The van der Waals surface area contributed by atoms with Crippen LogP contribution in [0.5, 0.6) is 5.75 Å². The molecule has 2 N–H and O–H groups in total. The number of phenols is 1. The highest BCUT2D eigenvalue weighted by molar-refractivity contribution is 6.00. The van der Waals surface area contributed by atoms with Crippen molar-refractivity contribution < 1.29 is 9.90 Å². The smallest absolute Gasteiger partial charge is 0.253 e. The summed E-state index contributed by atoms with van der Waals surface area (Å²) in [5, 5.41) is 16.5. The van der Waals surface area contributed by atoms with Gasteiger partial charge in [-0.3, -0.25) is 9.89 Å². The van der Waals surface area contributed by atoms with Crippen molar-refractivity contribution in [3.05, 3.63) is 65.0 Å². The van der Waals surface area contributed by atoms with Crippen LogP contribution in [-0.4, -0.2) is 39.2 Å². The summed E-state index contributed by atoms with van der Waals surface area (Å²) < 4.78 is 0. The lowest BCUT2D eigenvalue weighted by molar-refractivity contribution is -0.125. The van der Waals surface area contributed by atoms with E-state index in [0.717, 1.165) is 35.5 Å². The predicted octanol–water partition coefficient (Wildman–Crippen LogP) is 3.32. The number of carbonyl (C=O) groups is 1. The number of nitrogens with zero attached hydrogens (tertiary/aromatic N) is 2. The molecular formula is C20H23N3O2. The Morgan fingerprint density at radius 2 is 2.08 bits per heavy atom. The van der Waals surface area contributed by atoms with Gasteiger partial charge in [0.25, 0.3) is 5.91 Å². The van der Waals surface area contributed by atoms with Crippen LogP contribution in [0.15, 0.2) is 42.5 Å². The quantitative estimate of drug-likeness (QED) is 0.664. The molecule has 3 rings (SSSR count). The van der Waals surface area contributed by atoms with E-state index < -0.39 is 0 Å². The number of nitrogens with one attached hydrogen (secondary N) is 1. The van der Waals surface area contributed by atoms with Crippen molar-refractivity contribution in [3.8, 4) is 5.75 Å². The van der Waals surface area contributed by atoms with Crippen molar-refractivity contribution in [2.45, 2.75) is 26.2 Å². The monoisotopic (exact) mass is 337 g/mol. The Bertz CT molecular complexity index is 798. The second-order valence-corrected chi connectivity index (χ2v) is 6.48. The Balaban J connectivity index is 1.76. The summed E-state index contributed by atoms with van der Waals surface area (Å²) in [4.78, 5) is 14.7. The molecule has 1 atom stereocenters. The van der Waals surface area contributed by atoms with Crippen LogP contribution < -0.4 is 0 Å². The zero-order valence-corrected chi connectivity index (χ0v) is 14.6. The third-order valence-corrected chi connectivity index (χ3v) is 4.79. The molecule has 1 amide bonds. The summed E-state index contributed by atoms with van der Waals surface area (Å²) in [5.41, 5.74) is 4.48. The third-order valence-electron chi connectivity index (χ3n) is 4.79. The maximum atomic E-state index is 12.9. The largest absolute Gasteiger partial charge is 0.508 e. The van der Waals surface area contributed by atoms with E-state index in [9.17, 15) is 9.90 Å². The summed E-state index contributed by atoms with van der Waals surface area (Å²) in [6.07, 6.45) is 4.39. The molecule has 1 fully saturated rings. The normalized spacial score (nSPS) is 17.8. The Labute approximate surface area is 147 Å². The molecule has 25 heavy (non-hydrogen) atoms. The first-order chi connectivity index (χ1) is 12.0. The fourth-order valence-electron chi connectivity index (χ4n) is 3.28. The maximum Gasteiger partial charge on any atom is 0.253 e. The zero-order valence-electron chi connectivity index (χ0n) is 14.6. The van der Waals surface area contributed by atoms with Gasteiger partial charge in [0, 0.05) is 35.8 Å². The molecule has 0 saturated carbocycles. The van der Waals surface area contributed by atoms with Crippen LogP contribution in [0, 0.1) is 13.8 Å². The third kappa shape index (κ3) is 3.50. The summed E-state index contributed by atoms with van der Waals surface area (Å²) in [6.45, 7) is 9.06. The topological polar surface area (TPSA) is 69.2 Å². The number of amides is 1. The molecule has 0 bridgehead atoms. The van der Waals surface area contributed by atoms with Gasteiger partial charge in [-0.05, 0) is 44.0 Å². The summed E-state index contributed by atoms with van der Waals surface area (Å²) in [5.74, 6) is 0.557. The first kappa shape index (κ1) is 17.0. The molecule has 2 aromatic rings. The van der Waals surface area contributed by atoms with Crippen LogP contribution in [0.1, 0.15) is 34.9 Å². The van der Waals surface area contributed by atoms with Crippen molar-refractivity contribution in [1.29, 1.82) is 0 Å². The Morgan fingerprint density at radius 1 is 1.36 bits per heavy atom. The van der Waals surface area contributed by atoms with E-state index in [-0.39, 0.29) is 11.7 Å². The number of hydrogen-bond donors (Lipinski definition) is 2. The number of carbonyl (C=O) groups excluding carboxylic acids is 1. The molecule has 1 aromatic heterocycles. The predicted molar refractivity (Wildman–Crippen MR) is 98.3 cm³/mol. The average Bonchev–Trinajstić information content (AvgIpc) is 3.21. The molecule has 130 valence electrons. The van der Waals surface area contributed by atoms with Crippen LogP contribution in [-0.2, 0) is 4.79 Å². The van der Waals surface area contributed by atoms with E-state index in [4.69, 9.17) is 0 Å². The second-order valence-electron chi connectivity index (χ2n) is 6.48. The first-order valence-corrected chi connectivity index (χ1v) is 8.43. The van der Waals surface area contributed by atoms with Gasteiger partial charge in [-0.2, -0.15) is 5.10 Å². The van der Waals surface area contributed by atoms with Gasteiger partial charge in [-0.1, -0.05) is 24.8 Å². The van der Waals surface area contributed by atoms with E-state index in [1.807, 2.05) is 37.0 Å². The van der Waals surface area contributed by atoms with Crippen molar-refractivity contribution in [1.82, 2.24) is 15.1 Å². The van der Waals surface area contributed by atoms with Crippen molar-refractivity contribution in [2.24, 2.45) is 0 Å². The lowest BCUT2D eigenvalue weighted by Gasteiger charge is -2.17. The molecule has 0 radical (unpaired) electrons. The van der Waals surface area contributed by atoms with Gasteiger partial charge in [0.1, 0.15) is 5.75 Å².